The molecule has 0 amide bonds. The summed E-state index contributed by atoms with van der Waals surface area (Å²) in [5.74, 6) is -0.663. The van der Waals surface area contributed by atoms with E-state index in [9.17, 15) is 12.8 Å². The van der Waals surface area contributed by atoms with E-state index >= 15 is 0 Å². The fourth-order valence-corrected chi connectivity index (χ4v) is 3.54. The van der Waals surface area contributed by atoms with Crippen LogP contribution in [-0.2, 0) is 10.0 Å². The molecule has 1 aliphatic rings. The smallest absolute Gasteiger partial charge is 0.243 e. The molecule has 20 heavy (non-hydrogen) atoms. The van der Waals surface area contributed by atoms with Crippen molar-refractivity contribution in [1.29, 1.82) is 0 Å². The van der Waals surface area contributed by atoms with Gasteiger partial charge in [-0.2, -0.15) is 0 Å². The number of hydrogen-bond acceptors (Lipinski definition) is 3. The highest BCUT2D eigenvalue weighted by Gasteiger charge is 2.22. The van der Waals surface area contributed by atoms with E-state index in [2.05, 4.69) is 10.0 Å². The summed E-state index contributed by atoms with van der Waals surface area (Å²) >= 11 is 5.59. The molecule has 0 spiro atoms. The molecule has 1 aliphatic heterocycles. The summed E-state index contributed by atoms with van der Waals surface area (Å²) < 4.78 is 40.2. The summed E-state index contributed by atoms with van der Waals surface area (Å²) in [5.41, 5.74) is 0. The third-order valence-corrected chi connectivity index (χ3v) is 4.90. The van der Waals surface area contributed by atoms with Crippen LogP contribution < -0.4 is 10.0 Å². The van der Waals surface area contributed by atoms with E-state index in [4.69, 9.17) is 11.6 Å². The Kier molecular flexibility index (Phi) is 6.68. The molecule has 1 atom stereocenters. The monoisotopic (exact) mass is 342 g/mol. The molecule has 4 nitrogen and oxygen atoms in total. The van der Waals surface area contributed by atoms with Gasteiger partial charge >= 0.3 is 0 Å². The van der Waals surface area contributed by atoms with Crippen molar-refractivity contribution in [2.24, 2.45) is 5.92 Å². The molecule has 8 heteroatoms. The number of sulfonamides is 1. The molecule has 0 aromatic heterocycles. The average Bonchev–Trinajstić information content (AvgIpc) is 2.41. The van der Waals surface area contributed by atoms with Crippen LogP contribution in [0.2, 0.25) is 5.02 Å². The third-order valence-electron chi connectivity index (χ3n) is 3.17. The lowest BCUT2D eigenvalue weighted by molar-refractivity contribution is 0.375. The Labute approximate surface area is 129 Å². The summed E-state index contributed by atoms with van der Waals surface area (Å²) in [6.07, 6.45) is 1.99. The van der Waals surface area contributed by atoms with Crippen LogP contribution in [0.1, 0.15) is 12.8 Å². The minimum absolute atomic E-state index is 0. The van der Waals surface area contributed by atoms with Crippen molar-refractivity contribution in [3.05, 3.63) is 29.0 Å². The predicted molar refractivity (Wildman–Crippen MR) is 79.4 cm³/mol. The number of piperidine rings is 1. The first-order valence-corrected chi connectivity index (χ1v) is 8.01. The Morgan fingerprint density at radius 2 is 2.20 bits per heavy atom. The molecule has 1 fully saturated rings. The lowest BCUT2D eigenvalue weighted by Crippen LogP contribution is -2.38. The van der Waals surface area contributed by atoms with Gasteiger partial charge in [-0.15, -0.1) is 12.4 Å². The van der Waals surface area contributed by atoms with Crippen LogP contribution in [0.5, 0.6) is 0 Å². The fourth-order valence-electron chi connectivity index (χ4n) is 2.10. The van der Waals surface area contributed by atoms with Gasteiger partial charge in [0.15, 0.2) is 5.82 Å². The first kappa shape index (κ1) is 17.7. The fraction of sp³-hybridized carbons (Fsp3) is 0.500. The minimum atomic E-state index is -3.85. The molecule has 2 N–H and O–H groups in total. The van der Waals surface area contributed by atoms with E-state index in [0.29, 0.717) is 6.54 Å². The van der Waals surface area contributed by atoms with E-state index in [1.54, 1.807) is 0 Å². The van der Waals surface area contributed by atoms with Crippen LogP contribution in [0.3, 0.4) is 0 Å². The Morgan fingerprint density at radius 3 is 2.85 bits per heavy atom. The summed E-state index contributed by atoms with van der Waals surface area (Å²) in [5, 5.41) is 3.01. The van der Waals surface area contributed by atoms with Gasteiger partial charge in [-0.05, 0) is 44.0 Å². The normalized spacial score (nSPS) is 19.4. The highest BCUT2D eigenvalue weighted by molar-refractivity contribution is 7.89. The van der Waals surface area contributed by atoms with E-state index in [1.165, 1.54) is 18.2 Å². The summed E-state index contributed by atoms with van der Waals surface area (Å²) in [7, 11) is -3.85. The first-order valence-electron chi connectivity index (χ1n) is 6.15. The van der Waals surface area contributed by atoms with Crippen LogP contribution >= 0.6 is 24.0 Å². The van der Waals surface area contributed by atoms with Crippen molar-refractivity contribution < 1.29 is 12.8 Å². The van der Waals surface area contributed by atoms with Crippen LogP contribution in [-0.4, -0.2) is 28.1 Å². The molecule has 0 bridgehead atoms. The van der Waals surface area contributed by atoms with E-state index < -0.39 is 20.7 Å². The van der Waals surface area contributed by atoms with Crippen molar-refractivity contribution in [2.75, 3.05) is 19.6 Å². The topological polar surface area (TPSA) is 58.2 Å². The quantitative estimate of drug-likeness (QED) is 0.881. The second-order valence-corrected chi connectivity index (χ2v) is 6.76. The molecule has 1 heterocycles. The van der Waals surface area contributed by atoms with E-state index in [-0.39, 0.29) is 23.3 Å². The Balaban J connectivity index is 0.00000200. The highest BCUT2D eigenvalue weighted by Crippen LogP contribution is 2.22. The summed E-state index contributed by atoms with van der Waals surface area (Å²) in [6.45, 7) is 2.05. The number of nitrogens with one attached hydrogen (secondary N) is 2. The van der Waals surface area contributed by atoms with Gasteiger partial charge in [-0.1, -0.05) is 17.7 Å². The van der Waals surface area contributed by atoms with Crippen LogP contribution in [0.15, 0.2) is 23.1 Å². The van der Waals surface area contributed by atoms with Gasteiger partial charge in [0.2, 0.25) is 10.0 Å². The number of hydrogen-bond donors (Lipinski definition) is 2. The highest BCUT2D eigenvalue weighted by atomic mass is 35.5. The van der Waals surface area contributed by atoms with Crippen molar-refractivity contribution >= 4 is 34.0 Å². The van der Waals surface area contributed by atoms with Gasteiger partial charge in [0.25, 0.3) is 0 Å². The van der Waals surface area contributed by atoms with Gasteiger partial charge in [0, 0.05) is 6.54 Å². The zero-order valence-corrected chi connectivity index (χ0v) is 13.1. The first-order chi connectivity index (χ1) is 9.00. The average molecular weight is 343 g/mol. The van der Waals surface area contributed by atoms with Gasteiger partial charge in [0.05, 0.1) is 5.02 Å². The molecule has 2 rings (SSSR count). The molecule has 1 unspecified atom stereocenters. The number of benzene rings is 1. The molecule has 1 saturated heterocycles. The summed E-state index contributed by atoms with van der Waals surface area (Å²) in [4.78, 5) is -0.399. The second kappa shape index (κ2) is 7.56. The Hall–Kier alpha value is -0.400. The zero-order valence-electron chi connectivity index (χ0n) is 10.7. The Bertz CT molecular complexity index is 548. The summed E-state index contributed by atoms with van der Waals surface area (Å²) in [6, 6.07) is 3.95. The standard InChI is InChI=1S/C12H16ClFN2O2S.ClH/c13-10-4-1-5-11(12(10)14)19(17,18)16-8-9-3-2-6-15-7-9;/h1,4-5,9,15-16H,2-3,6-8H2;1H. The maximum absolute atomic E-state index is 13.7. The lowest BCUT2D eigenvalue weighted by Gasteiger charge is -2.22. The van der Waals surface area contributed by atoms with Crippen LogP contribution in [0, 0.1) is 11.7 Å². The minimum Gasteiger partial charge on any atom is -0.316 e. The molecule has 1 aromatic rings. The molecule has 1 aromatic carbocycles. The molecule has 0 aliphatic carbocycles. The van der Waals surface area contributed by atoms with Crippen molar-refractivity contribution in [3.8, 4) is 0 Å². The number of halogens is 3. The molecular formula is C12H17Cl2FN2O2S. The third kappa shape index (κ3) is 4.30. The number of rotatable bonds is 4. The predicted octanol–water partition coefficient (Wildman–Crippen LogP) is 2.18. The van der Waals surface area contributed by atoms with Crippen molar-refractivity contribution in [2.45, 2.75) is 17.7 Å². The molecule has 114 valence electrons. The van der Waals surface area contributed by atoms with Crippen LogP contribution in [0.25, 0.3) is 0 Å². The molecular weight excluding hydrogens is 326 g/mol. The van der Waals surface area contributed by atoms with E-state index in [0.717, 1.165) is 25.9 Å². The van der Waals surface area contributed by atoms with Gasteiger partial charge < -0.3 is 5.32 Å². The maximum Gasteiger partial charge on any atom is 0.243 e. The molecule has 0 saturated carbocycles. The SMILES string of the molecule is Cl.O=S(=O)(NCC1CCCNC1)c1cccc(Cl)c1F. The largest absolute Gasteiger partial charge is 0.316 e. The zero-order chi connectivity index (χ0) is 13.9. The maximum atomic E-state index is 13.7. The van der Waals surface area contributed by atoms with Gasteiger partial charge in [-0.25, -0.2) is 17.5 Å². The van der Waals surface area contributed by atoms with Gasteiger partial charge in [0.1, 0.15) is 4.90 Å². The Morgan fingerprint density at radius 1 is 1.45 bits per heavy atom. The molecule has 0 radical (unpaired) electrons. The van der Waals surface area contributed by atoms with Gasteiger partial charge in [-0.3, -0.25) is 0 Å². The van der Waals surface area contributed by atoms with E-state index in [1.807, 2.05) is 0 Å². The van der Waals surface area contributed by atoms with Crippen LogP contribution in [0.4, 0.5) is 4.39 Å². The van der Waals surface area contributed by atoms with Crippen molar-refractivity contribution in [3.63, 3.8) is 0 Å². The lowest BCUT2D eigenvalue weighted by atomic mass is 10.0. The second-order valence-electron chi connectivity index (χ2n) is 4.62. The van der Waals surface area contributed by atoms with Crippen molar-refractivity contribution in [1.82, 2.24) is 10.0 Å².